The zero-order valence-corrected chi connectivity index (χ0v) is 24.6. The Bertz CT molecular complexity index is 1320. The fourth-order valence-corrected chi connectivity index (χ4v) is 4.80. The van der Waals surface area contributed by atoms with Gasteiger partial charge in [0, 0.05) is 19.1 Å². The molecule has 0 bridgehead atoms. The molecule has 2 aromatic carbocycles. The highest BCUT2D eigenvalue weighted by Gasteiger charge is 2.48. The Hall–Kier alpha value is -3.73. The van der Waals surface area contributed by atoms with Gasteiger partial charge in [0.2, 0.25) is 0 Å². The summed E-state index contributed by atoms with van der Waals surface area (Å²) in [5.41, 5.74) is 0.914. The number of esters is 2. The number of fused-ring (bicyclic) bond motifs is 2. The Morgan fingerprint density at radius 2 is 1.83 bits per heavy atom. The van der Waals surface area contributed by atoms with Crippen LogP contribution in [0, 0.1) is 5.92 Å². The van der Waals surface area contributed by atoms with Crippen LogP contribution >= 0.6 is 0 Å². The fraction of sp³-hybridized carbons (Fsp3) is 0.438. The molecule has 4 rings (SSSR count). The van der Waals surface area contributed by atoms with Crippen molar-refractivity contribution in [3.05, 3.63) is 77.1 Å². The zero-order chi connectivity index (χ0) is 30.4. The molecule has 0 spiro atoms. The number of cyclic esters (lactones) is 1. The van der Waals surface area contributed by atoms with Gasteiger partial charge in [0.15, 0.2) is 18.7 Å². The number of benzene rings is 2. The van der Waals surface area contributed by atoms with Crippen LogP contribution in [0.15, 0.2) is 60.4 Å². The topological polar surface area (TPSA) is 98.8 Å². The van der Waals surface area contributed by atoms with Crippen LogP contribution in [0.25, 0.3) is 6.08 Å². The van der Waals surface area contributed by atoms with Gasteiger partial charge in [-0.3, -0.25) is 0 Å². The molecule has 42 heavy (non-hydrogen) atoms. The molecule has 0 radical (unpaired) electrons. The summed E-state index contributed by atoms with van der Waals surface area (Å²) in [7, 11) is 2.97. The Kier molecular flexibility index (Phi) is 10.0. The first-order valence-electron chi connectivity index (χ1n) is 13.7. The standard InChI is InChI=1S/C32H37FO9/c1-19-15-24(33)28(40-30(34)21-11-8-7-9-12-21)29-25(41-32(3,4)42-29)14-10-13-22-16-23(37-6)17-26(38-18-36-5)27(22)31(35)39-20(19)2/h7-13,15-17,19-20,25,28-29H,14,18H2,1-6H3/b13-10+,24-15+/t19-,20+,25+,28?,29+/m1/s1. The van der Waals surface area contributed by atoms with E-state index >= 15 is 4.39 Å². The molecule has 10 heteroatoms. The van der Waals surface area contributed by atoms with E-state index < -0.39 is 53.9 Å². The van der Waals surface area contributed by atoms with Crippen molar-refractivity contribution in [2.45, 2.75) is 64.3 Å². The normalized spacial score (nSPS) is 27.7. The van der Waals surface area contributed by atoms with Crippen molar-refractivity contribution in [1.29, 1.82) is 0 Å². The maximum Gasteiger partial charge on any atom is 0.342 e. The summed E-state index contributed by atoms with van der Waals surface area (Å²) < 4.78 is 56.0. The molecule has 2 heterocycles. The molecule has 0 amide bonds. The number of ether oxygens (including phenoxy) is 7. The summed E-state index contributed by atoms with van der Waals surface area (Å²) in [6, 6.07) is 11.6. The summed E-state index contributed by atoms with van der Waals surface area (Å²) in [6.07, 6.45) is 1.17. The molecule has 0 aliphatic carbocycles. The van der Waals surface area contributed by atoms with Gasteiger partial charge in [0.05, 0.1) is 18.8 Å². The van der Waals surface area contributed by atoms with Crippen molar-refractivity contribution in [1.82, 2.24) is 0 Å². The van der Waals surface area contributed by atoms with E-state index in [-0.39, 0.29) is 30.1 Å². The van der Waals surface area contributed by atoms with Gasteiger partial charge in [-0.15, -0.1) is 0 Å². The first kappa shape index (κ1) is 31.2. The molecule has 1 saturated heterocycles. The third-order valence-corrected chi connectivity index (χ3v) is 7.03. The van der Waals surface area contributed by atoms with Crippen molar-refractivity contribution >= 4 is 18.0 Å². The van der Waals surface area contributed by atoms with E-state index in [1.54, 1.807) is 82.3 Å². The van der Waals surface area contributed by atoms with Crippen molar-refractivity contribution in [3.8, 4) is 11.5 Å². The second-order valence-electron chi connectivity index (χ2n) is 10.6. The fourth-order valence-electron chi connectivity index (χ4n) is 4.80. The van der Waals surface area contributed by atoms with Crippen molar-refractivity contribution in [2.75, 3.05) is 21.0 Å². The number of carbonyl (C=O) groups is 2. The Morgan fingerprint density at radius 1 is 1.10 bits per heavy atom. The van der Waals surface area contributed by atoms with Crippen molar-refractivity contribution in [2.24, 2.45) is 5.92 Å². The van der Waals surface area contributed by atoms with Crippen LogP contribution in [0.5, 0.6) is 11.5 Å². The lowest BCUT2D eigenvalue weighted by atomic mass is 9.98. The predicted molar refractivity (Wildman–Crippen MR) is 152 cm³/mol. The minimum Gasteiger partial charge on any atom is -0.497 e. The van der Waals surface area contributed by atoms with E-state index in [2.05, 4.69) is 0 Å². The molecule has 0 N–H and O–H groups in total. The summed E-state index contributed by atoms with van der Waals surface area (Å²) in [4.78, 5) is 26.5. The first-order chi connectivity index (χ1) is 20.0. The summed E-state index contributed by atoms with van der Waals surface area (Å²) in [6.45, 7) is 6.67. The molecular weight excluding hydrogens is 547 g/mol. The number of hydrogen-bond acceptors (Lipinski definition) is 9. The van der Waals surface area contributed by atoms with Crippen LogP contribution in [-0.2, 0) is 23.7 Å². The number of hydrogen-bond donors (Lipinski definition) is 0. The summed E-state index contributed by atoms with van der Waals surface area (Å²) >= 11 is 0. The molecular formula is C32H37FO9. The van der Waals surface area contributed by atoms with Crippen LogP contribution in [0.4, 0.5) is 4.39 Å². The van der Waals surface area contributed by atoms with E-state index in [1.807, 2.05) is 0 Å². The van der Waals surface area contributed by atoms with E-state index in [0.717, 1.165) is 0 Å². The molecule has 1 fully saturated rings. The van der Waals surface area contributed by atoms with Crippen LogP contribution in [0.3, 0.4) is 0 Å². The molecule has 9 nitrogen and oxygen atoms in total. The largest absolute Gasteiger partial charge is 0.497 e. The minimum atomic E-state index is -1.41. The molecule has 2 aliphatic rings. The highest BCUT2D eigenvalue weighted by atomic mass is 19.1. The molecule has 5 atom stereocenters. The van der Waals surface area contributed by atoms with Crippen LogP contribution in [0.2, 0.25) is 0 Å². The maximum atomic E-state index is 16.1. The molecule has 2 aromatic rings. The number of carbonyl (C=O) groups excluding carboxylic acids is 2. The molecule has 0 saturated carbocycles. The van der Waals surface area contributed by atoms with Crippen molar-refractivity contribution in [3.63, 3.8) is 0 Å². The van der Waals surface area contributed by atoms with Gasteiger partial charge < -0.3 is 33.2 Å². The lowest BCUT2D eigenvalue weighted by Gasteiger charge is -2.27. The van der Waals surface area contributed by atoms with E-state index in [1.165, 1.54) is 20.3 Å². The zero-order valence-electron chi connectivity index (χ0n) is 24.6. The molecule has 0 aromatic heterocycles. The van der Waals surface area contributed by atoms with Crippen molar-refractivity contribution < 1.29 is 47.1 Å². The molecule has 1 unspecified atom stereocenters. The molecule has 2 aliphatic heterocycles. The van der Waals surface area contributed by atoms with E-state index in [0.29, 0.717) is 11.3 Å². The third kappa shape index (κ3) is 7.36. The Morgan fingerprint density at radius 3 is 2.52 bits per heavy atom. The van der Waals surface area contributed by atoms with Crippen LogP contribution < -0.4 is 9.47 Å². The Balaban J connectivity index is 1.78. The monoisotopic (exact) mass is 584 g/mol. The third-order valence-electron chi connectivity index (χ3n) is 7.03. The summed E-state index contributed by atoms with van der Waals surface area (Å²) in [5, 5.41) is 0. The van der Waals surface area contributed by atoms with Crippen LogP contribution in [0.1, 0.15) is 60.4 Å². The van der Waals surface area contributed by atoms with Crippen LogP contribution in [-0.4, -0.2) is 63.2 Å². The smallest absolute Gasteiger partial charge is 0.342 e. The lowest BCUT2D eigenvalue weighted by Crippen LogP contribution is -2.39. The van der Waals surface area contributed by atoms with Gasteiger partial charge in [0.1, 0.15) is 35.1 Å². The van der Waals surface area contributed by atoms with Gasteiger partial charge in [-0.2, -0.15) is 0 Å². The lowest BCUT2D eigenvalue weighted by molar-refractivity contribution is -0.154. The maximum absolute atomic E-state index is 16.1. The second kappa shape index (κ2) is 13.5. The van der Waals surface area contributed by atoms with Gasteiger partial charge in [-0.25, -0.2) is 14.0 Å². The summed E-state index contributed by atoms with van der Waals surface area (Å²) in [5.74, 6) is -3.12. The van der Waals surface area contributed by atoms with Gasteiger partial charge >= 0.3 is 11.9 Å². The first-order valence-corrected chi connectivity index (χ1v) is 13.7. The second-order valence-corrected chi connectivity index (χ2v) is 10.6. The number of methoxy groups -OCH3 is 2. The highest BCUT2D eigenvalue weighted by molar-refractivity contribution is 5.97. The van der Waals surface area contributed by atoms with Gasteiger partial charge in [-0.05, 0) is 57.0 Å². The SMILES string of the molecule is COCOc1cc(OC)cc2c1C(=O)O[C@@H](C)[C@H](C)/C=C(/F)C(OC(=O)c1ccccc1)[C@H]1OC(C)(C)O[C@H]1C/C=C/2. The van der Waals surface area contributed by atoms with E-state index in [9.17, 15) is 9.59 Å². The Labute approximate surface area is 245 Å². The average Bonchev–Trinajstić information content (AvgIpc) is 3.27. The highest BCUT2D eigenvalue weighted by Crippen LogP contribution is 2.37. The number of halogens is 1. The van der Waals surface area contributed by atoms with E-state index in [4.69, 9.17) is 33.2 Å². The quantitative estimate of drug-likeness (QED) is 0.305. The van der Waals surface area contributed by atoms with Gasteiger partial charge in [-0.1, -0.05) is 37.3 Å². The molecule has 226 valence electrons. The average molecular weight is 585 g/mol. The predicted octanol–water partition coefficient (Wildman–Crippen LogP) is 5.88. The minimum absolute atomic E-state index is 0.108. The van der Waals surface area contributed by atoms with Gasteiger partial charge in [0.25, 0.3) is 0 Å². The number of rotatable bonds is 6.